The lowest BCUT2D eigenvalue weighted by atomic mass is 9.85. The van der Waals surface area contributed by atoms with E-state index in [-0.39, 0.29) is 24.0 Å². The molecule has 4 heteroatoms. The monoisotopic (exact) mass is 361 g/mol. The SMILES string of the molecule is CC(C)(C)C(CCO)NC(=O)c1ccccc1I. The summed E-state index contributed by atoms with van der Waals surface area (Å²) >= 11 is 2.15. The Balaban J connectivity index is 2.82. The molecule has 1 rings (SSSR count). The van der Waals surface area contributed by atoms with Crippen molar-refractivity contribution >= 4 is 28.5 Å². The van der Waals surface area contributed by atoms with Crippen molar-refractivity contribution in [3.63, 3.8) is 0 Å². The fourth-order valence-electron chi connectivity index (χ4n) is 1.73. The summed E-state index contributed by atoms with van der Waals surface area (Å²) in [6, 6.07) is 7.46. The molecule has 3 nitrogen and oxygen atoms in total. The van der Waals surface area contributed by atoms with Gasteiger partial charge in [0, 0.05) is 16.2 Å². The van der Waals surface area contributed by atoms with Gasteiger partial charge in [0.05, 0.1) is 5.56 Å². The van der Waals surface area contributed by atoms with Gasteiger partial charge in [0.15, 0.2) is 0 Å². The summed E-state index contributed by atoms with van der Waals surface area (Å²) in [5.41, 5.74) is 0.615. The van der Waals surface area contributed by atoms with Gasteiger partial charge in [0.25, 0.3) is 5.91 Å². The predicted molar refractivity (Wildman–Crippen MR) is 81.6 cm³/mol. The van der Waals surface area contributed by atoms with E-state index in [1.165, 1.54) is 0 Å². The molecular formula is C14H20INO2. The Morgan fingerprint density at radius 2 is 2.00 bits per heavy atom. The number of hydrogen-bond acceptors (Lipinski definition) is 2. The van der Waals surface area contributed by atoms with Crippen LogP contribution < -0.4 is 5.32 Å². The predicted octanol–water partition coefficient (Wildman–Crippen LogP) is 2.82. The first kappa shape index (κ1) is 15.4. The van der Waals surface area contributed by atoms with Crippen molar-refractivity contribution in [1.82, 2.24) is 5.32 Å². The lowest BCUT2D eigenvalue weighted by molar-refractivity contribution is 0.0884. The molecule has 18 heavy (non-hydrogen) atoms. The van der Waals surface area contributed by atoms with Crippen LogP contribution in [0.25, 0.3) is 0 Å². The molecule has 100 valence electrons. The largest absolute Gasteiger partial charge is 0.396 e. The molecule has 1 unspecified atom stereocenters. The van der Waals surface area contributed by atoms with Crippen molar-refractivity contribution in [2.24, 2.45) is 5.41 Å². The molecule has 0 radical (unpaired) electrons. The minimum absolute atomic E-state index is 0.0361. The van der Waals surface area contributed by atoms with Gasteiger partial charge in [-0.1, -0.05) is 32.9 Å². The lowest BCUT2D eigenvalue weighted by Gasteiger charge is -2.31. The molecule has 0 heterocycles. The highest BCUT2D eigenvalue weighted by atomic mass is 127. The summed E-state index contributed by atoms with van der Waals surface area (Å²) in [5, 5.41) is 12.1. The highest BCUT2D eigenvalue weighted by Gasteiger charge is 2.26. The van der Waals surface area contributed by atoms with Gasteiger partial charge in [0.1, 0.15) is 0 Å². The molecule has 0 bridgehead atoms. The number of aliphatic hydroxyl groups is 1. The van der Waals surface area contributed by atoms with E-state index in [4.69, 9.17) is 5.11 Å². The minimum atomic E-state index is -0.0756. The quantitative estimate of drug-likeness (QED) is 0.811. The Labute approximate surface area is 122 Å². The molecule has 0 aliphatic rings. The number of carbonyl (C=O) groups excluding carboxylic acids is 1. The van der Waals surface area contributed by atoms with Crippen LogP contribution in [0.2, 0.25) is 0 Å². The topological polar surface area (TPSA) is 49.3 Å². The van der Waals surface area contributed by atoms with Crippen LogP contribution in [0.3, 0.4) is 0 Å². The van der Waals surface area contributed by atoms with E-state index < -0.39 is 0 Å². The van der Waals surface area contributed by atoms with Crippen molar-refractivity contribution in [3.8, 4) is 0 Å². The van der Waals surface area contributed by atoms with E-state index >= 15 is 0 Å². The van der Waals surface area contributed by atoms with E-state index in [1.54, 1.807) is 0 Å². The molecular weight excluding hydrogens is 341 g/mol. The van der Waals surface area contributed by atoms with Crippen molar-refractivity contribution < 1.29 is 9.90 Å². The number of benzene rings is 1. The van der Waals surface area contributed by atoms with Crippen LogP contribution in [0.15, 0.2) is 24.3 Å². The maximum Gasteiger partial charge on any atom is 0.252 e. The first-order valence-corrected chi connectivity index (χ1v) is 7.10. The average molecular weight is 361 g/mol. The van der Waals surface area contributed by atoms with E-state index in [1.807, 2.05) is 24.3 Å². The Hall–Kier alpha value is -0.620. The zero-order valence-electron chi connectivity index (χ0n) is 11.0. The van der Waals surface area contributed by atoms with Crippen LogP contribution in [-0.2, 0) is 0 Å². The van der Waals surface area contributed by atoms with Crippen LogP contribution in [-0.4, -0.2) is 23.7 Å². The van der Waals surface area contributed by atoms with Gasteiger partial charge >= 0.3 is 0 Å². The van der Waals surface area contributed by atoms with Gasteiger partial charge in [-0.25, -0.2) is 0 Å². The van der Waals surface area contributed by atoms with E-state index in [9.17, 15) is 4.79 Å². The molecule has 1 aromatic rings. The summed E-state index contributed by atoms with van der Waals surface area (Å²) in [7, 11) is 0. The van der Waals surface area contributed by atoms with Gasteiger partial charge < -0.3 is 10.4 Å². The Morgan fingerprint density at radius 1 is 1.39 bits per heavy atom. The molecule has 0 aliphatic carbocycles. The zero-order valence-corrected chi connectivity index (χ0v) is 13.2. The van der Waals surface area contributed by atoms with E-state index in [2.05, 4.69) is 48.7 Å². The van der Waals surface area contributed by atoms with Crippen LogP contribution in [0.4, 0.5) is 0 Å². The number of aliphatic hydroxyl groups excluding tert-OH is 1. The third-order valence-electron chi connectivity index (χ3n) is 2.89. The third kappa shape index (κ3) is 4.24. The summed E-state index contributed by atoms with van der Waals surface area (Å²) in [6.07, 6.45) is 0.568. The van der Waals surface area contributed by atoms with Gasteiger partial charge in [-0.15, -0.1) is 0 Å². The van der Waals surface area contributed by atoms with Crippen LogP contribution in [0, 0.1) is 8.99 Å². The smallest absolute Gasteiger partial charge is 0.252 e. The summed E-state index contributed by atoms with van der Waals surface area (Å²) in [5.74, 6) is -0.0756. The van der Waals surface area contributed by atoms with Gasteiger partial charge in [-0.05, 0) is 46.6 Å². The lowest BCUT2D eigenvalue weighted by Crippen LogP contribution is -2.44. The second-order valence-electron chi connectivity index (χ2n) is 5.38. The van der Waals surface area contributed by atoms with Gasteiger partial charge in [-0.2, -0.15) is 0 Å². The Bertz CT molecular complexity index is 413. The van der Waals surface area contributed by atoms with Crippen molar-refractivity contribution in [3.05, 3.63) is 33.4 Å². The molecule has 0 fully saturated rings. The Morgan fingerprint density at radius 3 is 2.50 bits per heavy atom. The highest BCUT2D eigenvalue weighted by molar-refractivity contribution is 14.1. The number of nitrogens with one attached hydrogen (secondary N) is 1. The normalized spacial score (nSPS) is 13.2. The summed E-state index contributed by atoms with van der Waals surface area (Å²) in [4.78, 5) is 12.2. The number of rotatable bonds is 4. The first-order chi connectivity index (χ1) is 8.36. The van der Waals surface area contributed by atoms with Crippen LogP contribution in [0.1, 0.15) is 37.6 Å². The van der Waals surface area contributed by atoms with Crippen LogP contribution >= 0.6 is 22.6 Å². The number of carbonyl (C=O) groups is 1. The average Bonchev–Trinajstić information content (AvgIpc) is 2.27. The summed E-state index contributed by atoms with van der Waals surface area (Å²) in [6.45, 7) is 6.25. The molecule has 1 atom stereocenters. The first-order valence-electron chi connectivity index (χ1n) is 6.02. The molecule has 2 N–H and O–H groups in total. The van der Waals surface area contributed by atoms with E-state index in [0.29, 0.717) is 12.0 Å². The van der Waals surface area contributed by atoms with Crippen molar-refractivity contribution in [1.29, 1.82) is 0 Å². The maximum atomic E-state index is 12.2. The molecule has 0 aliphatic heterocycles. The summed E-state index contributed by atoms with van der Waals surface area (Å²) < 4.78 is 0.934. The second kappa shape index (κ2) is 6.52. The van der Waals surface area contributed by atoms with Crippen LogP contribution in [0.5, 0.6) is 0 Å². The number of amides is 1. The van der Waals surface area contributed by atoms with Crippen molar-refractivity contribution in [2.45, 2.75) is 33.2 Å². The van der Waals surface area contributed by atoms with E-state index in [0.717, 1.165) is 3.57 Å². The third-order valence-corrected chi connectivity index (χ3v) is 3.83. The van der Waals surface area contributed by atoms with Crippen molar-refractivity contribution in [2.75, 3.05) is 6.61 Å². The Kier molecular flexibility index (Phi) is 5.59. The molecule has 1 aromatic carbocycles. The second-order valence-corrected chi connectivity index (χ2v) is 6.55. The molecule has 0 aromatic heterocycles. The standard InChI is InChI=1S/C14H20INO2/c1-14(2,3)12(8-9-17)16-13(18)10-6-4-5-7-11(10)15/h4-7,12,17H,8-9H2,1-3H3,(H,16,18). The molecule has 0 saturated heterocycles. The number of halogens is 1. The fourth-order valence-corrected chi connectivity index (χ4v) is 2.36. The molecule has 1 amide bonds. The molecule has 0 spiro atoms. The minimum Gasteiger partial charge on any atom is -0.396 e. The number of hydrogen-bond donors (Lipinski definition) is 2. The van der Waals surface area contributed by atoms with Gasteiger partial charge in [0.2, 0.25) is 0 Å². The maximum absolute atomic E-state index is 12.2. The molecule has 0 saturated carbocycles. The van der Waals surface area contributed by atoms with Gasteiger partial charge in [-0.3, -0.25) is 4.79 Å². The zero-order chi connectivity index (χ0) is 13.8. The fraction of sp³-hybridized carbons (Fsp3) is 0.500. The highest BCUT2D eigenvalue weighted by Crippen LogP contribution is 2.22.